The highest BCUT2D eigenvalue weighted by molar-refractivity contribution is 5.92. The van der Waals surface area contributed by atoms with Crippen molar-refractivity contribution < 1.29 is 19.1 Å². The standard InChI is InChI=1S/C39H41N3O4/c43-28-40-33-23-26-46-34-27-39(24-21-29-13-5-1-6-14-29,25-22-30-15-7-2-8-16-30)36(42(34)38(33)45)37(44)41-35(31-17-9-3-10-18-31)32-19-11-4-12-20-32/h1-20,28,33-36H,21-27H2,(H,40,43)(H,41,44). The third kappa shape index (κ3) is 6.90. The van der Waals surface area contributed by atoms with E-state index in [1.807, 2.05) is 97.1 Å². The summed E-state index contributed by atoms with van der Waals surface area (Å²) >= 11 is 0. The van der Waals surface area contributed by atoms with E-state index in [1.54, 1.807) is 4.90 Å². The topological polar surface area (TPSA) is 87.7 Å². The summed E-state index contributed by atoms with van der Waals surface area (Å²) in [6, 6.07) is 38.4. The molecule has 0 radical (unpaired) electrons. The van der Waals surface area contributed by atoms with Crippen LogP contribution in [0.3, 0.4) is 0 Å². The Labute approximate surface area is 271 Å². The first-order valence-corrected chi connectivity index (χ1v) is 16.2. The second-order valence-electron chi connectivity index (χ2n) is 12.4. The van der Waals surface area contributed by atoms with Crippen LogP contribution in [-0.4, -0.2) is 48.0 Å². The summed E-state index contributed by atoms with van der Waals surface area (Å²) in [4.78, 5) is 42.4. The molecule has 7 nitrogen and oxygen atoms in total. The molecule has 2 fully saturated rings. The van der Waals surface area contributed by atoms with Crippen molar-refractivity contribution >= 4 is 18.2 Å². The van der Waals surface area contributed by atoms with Gasteiger partial charge in [-0.1, -0.05) is 121 Å². The predicted molar refractivity (Wildman–Crippen MR) is 177 cm³/mol. The molecule has 3 unspecified atom stereocenters. The summed E-state index contributed by atoms with van der Waals surface area (Å²) in [5, 5.41) is 6.08. The lowest BCUT2D eigenvalue weighted by molar-refractivity contribution is -0.150. The number of rotatable bonds is 12. The fraction of sp³-hybridized carbons (Fsp3) is 0.308. The zero-order valence-electron chi connectivity index (χ0n) is 26.0. The van der Waals surface area contributed by atoms with Gasteiger partial charge in [0.1, 0.15) is 18.3 Å². The third-order valence-corrected chi connectivity index (χ3v) is 9.60. The lowest BCUT2D eigenvalue weighted by Gasteiger charge is -2.39. The van der Waals surface area contributed by atoms with Gasteiger partial charge in [-0.15, -0.1) is 0 Å². The summed E-state index contributed by atoms with van der Waals surface area (Å²) in [7, 11) is 0. The van der Waals surface area contributed by atoms with Gasteiger partial charge in [-0.2, -0.15) is 0 Å². The summed E-state index contributed by atoms with van der Waals surface area (Å²) in [6.07, 6.45) is 3.78. The summed E-state index contributed by atoms with van der Waals surface area (Å²) in [5.74, 6) is -0.489. The maximum atomic E-state index is 15.0. The van der Waals surface area contributed by atoms with E-state index in [1.165, 1.54) is 11.1 Å². The fourth-order valence-corrected chi connectivity index (χ4v) is 7.24. The first kappa shape index (κ1) is 31.2. The van der Waals surface area contributed by atoms with Crippen LogP contribution in [0.15, 0.2) is 121 Å². The molecular weight excluding hydrogens is 574 g/mol. The zero-order valence-corrected chi connectivity index (χ0v) is 26.0. The molecule has 3 atom stereocenters. The van der Waals surface area contributed by atoms with E-state index in [9.17, 15) is 14.4 Å². The Morgan fingerprint density at radius 2 is 1.30 bits per heavy atom. The summed E-state index contributed by atoms with van der Waals surface area (Å²) in [6.45, 7) is 0.316. The normalized spacial score (nSPS) is 20.5. The smallest absolute Gasteiger partial charge is 0.247 e. The fourth-order valence-electron chi connectivity index (χ4n) is 7.24. The minimum Gasteiger partial charge on any atom is -0.358 e. The Kier molecular flexibility index (Phi) is 9.89. The number of ether oxygens (including phenoxy) is 1. The molecule has 0 spiro atoms. The second-order valence-corrected chi connectivity index (χ2v) is 12.4. The van der Waals surface area contributed by atoms with Crippen molar-refractivity contribution in [2.75, 3.05) is 6.61 Å². The lowest BCUT2D eigenvalue weighted by Crippen LogP contribution is -2.57. The molecule has 6 rings (SSSR count). The van der Waals surface area contributed by atoms with E-state index < -0.39 is 29.8 Å². The van der Waals surface area contributed by atoms with Gasteiger partial charge in [-0.25, -0.2) is 0 Å². The molecule has 46 heavy (non-hydrogen) atoms. The summed E-state index contributed by atoms with van der Waals surface area (Å²) < 4.78 is 6.36. The van der Waals surface area contributed by atoms with Crippen molar-refractivity contribution in [2.24, 2.45) is 5.41 Å². The van der Waals surface area contributed by atoms with Gasteiger partial charge in [0.2, 0.25) is 18.2 Å². The number of carbonyl (C=O) groups excluding carboxylic acids is 3. The molecule has 3 amide bonds. The molecule has 2 aliphatic rings. The minimum absolute atomic E-state index is 0.218. The van der Waals surface area contributed by atoms with Crippen LogP contribution in [0.1, 0.15) is 54.0 Å². The molecule has 0 aliphatic carbocycles. The number of hydrogen-bond donors (Lipinski definition) is 2. The van der Waals surface area contributed by atoms with Crippen LogP contribution < -0.4 is 10.6 Å². The maximum absolute atomic E-state index is 15.0. The average Bonchev–Trinajstić information content (AvgIpc) is 3.36. The van der Waals surface area contributed by atoms with Crippen LogP contribution in [0, 0.1) is 5.41 Å². The Bertz CT molecular complexity index is 1500. The number of hydrogen-bond acceptors (Lipinski definition) is 4. The zero-order chi connectivity index (χ0) is 31.8. The van der Waals surface area contributed by atoms with Crippen molar-refractivity contribution in [3.05, 3.63) is 144 Å². The number of nitrogens with one attached hydrogen (secondary N) is 2. The second kappa shape index (κ2) is 14.6. The van der Waals surface area contributed by atoms with E-state index in [2.05, 4.69) is 34.9 Å². The Morgan fingerprint density at radius 3 is 1.80 bits per heavy atom. The molecule has 4 aromatic carbocycles. The Balaban J connectivity index is 1.42. The minimum atomic E-state index is -0.804. The highest BCUT2D eigenvalue weighted by Crippen LogP contribution is 2.49. The molecule has 2 heterocycles. The Hall–Kier alpha value is -4.75. The molecule has 0 bridgehead atoms. The van der Waals surface area contributed by atoms with E-state index in [0.717, 1.165) is 24.0 Å². The monoisotopic (exact) mass is 615 g/mol. The molecule has 0 aromatic heterocycles. The van der Waals surface area contributed by atoms with Crippen LogP contribution >= 0.6 is 0 Å². The van der Waals surface area contributed by atoms with Gasteiger partial charge in [0, 0.05) is 18.3 Å². The van der Waals surface area contributed by atoms with Crippen molar-refractivity contribution in [1.29, 1.82) is 0 Å². The van der Waals surface area contributed by atoms with Crippen molar-refractivity contribution in [3.8, 4) is 0 Å². The number of amides is 3. The number of nitrogens with zero attached hydrogens (tertiary/aromatic N) is 1. The van der Waals surface area contributed by atoms with Gasteiger partial charge in [0.25, 0.3) is 0 Å². The maximum Gasteiger partial charge on any atom is 0.247 e. The van der Waals surface area contributed by atoms with Crippen LogP contribution in [0.2, 0.25) is 0 Å². The van der Waals surface area contributed by atoms with E-state index >= 15 is 0 Å². The third-order valence-electron chi connectivity index (χ3n) is 9.60. The van der Waals surface area contributed by atoms with Crippen molar-refractivity contribution in [3.63, 3.8) is 0 Å². The summed E-state index contributed by atoms with van der Waals surface area (Å²) in [5.41, 5.74) is 3.69. The molecule has 7 heteroatoms. The van der Waals surface area contributed by atoms with Crippen LogP contribution in [0.4, 0.5) is 0 Å². The van der Waals surface area contributed by atoms with E-state index in [4.69, 9.17) is 4.74 Å². The van der Waals surface area contributed by atoms with Crippen molar-refractivity contribution in [2.45, 2.75) is 62.9 Å². The van der Waals surface area contributed by atoms with Gasteiger partial charge < -0.3 is 20.3 Å². The molecule has 2 saturated heterocycles. The number of aryl methyl sites for hydroxylation is 2. The van der Waals surface area contributed by atoms with Gasteiger partial charge >= 0.3 is 0 Å². The molecule has 236 valence electrons. The number of carbonyl (C=O) groups is 3. The molecule has 2 N–H and O–H groups in total. The number of fused-ring (bicyclic) bond motifs is 1. The molecule has 0 saturated carbocycles. The van der Waals surface area contributed by atoms with Crippen molar-refractivity contribution in [1.82, 2.24) is 15.5 Å². The quantitative estimate of drug-likeness (QED) is 0.203. The Morgan fingerprint density at radius 1 is 0.804 bits per heavy atom. The molecule has 4 aromatic rings. The van der Waals surface area contributed by atoms with Crippen LogP contribution in [-0.2, 0) is 32.0 Å². The van der Waals surface area contributed by atoms with Gasteiger partial charge in [-0.3, -0.25) is 14.4 Å². The average molecular weight is 616 g/mol. The van der Waals surface area contributed by atoms with Crippen LogP contribution in [0.25, 0.3) is 0 Å². The SMILES string of the molecule is O=CNC1CCOC2CC(CCc3ccccc3)(CCc3ccccc3)C(C(=O)NC(c3ccccc3)c3ccccc3)N2C1=O. The van der Waals surface area contributed by atoms with Gasteiger partial charge in [0.05, 0.1) is 12.6 Å². The highest BCUT2D eigenvalue weighted by Gasteiger charge is 2.58. The van der Waals surface area contributed by atoms with Crippen LogP contribution in [0.5, 0.6) is 0 Å². The first-order chi connectivity index (χ1) is 22.6. The highest BCUT2D eigenvalue weighted by atomic mass is 16.5. The van der Waals surface area contributed by atoms with Gasteiger partial charge in [0.15, 0.2) is 0 Å². The largest absolute Gasteiger partial charge is 0.358 e. The molecular formula is C39H41N3O4. The molecule has 2 aliphatic heterocycles. The first-order valence-electron chi connectivity index (χ1n) is 16.2. The van der Waals surface area contributed by atoms with E-state index in [0.29, 0.717) is 38.7 Å². The predicted octanol–water partition coefficient (Wildman–Crippen LogP) is 5.61. The van der Waals surface area contributed by atoms with E-state index in [-0.39, 0.29) is 11.8 Å². The van der Waals surface area contributed by atoms with Gasteiger partial charge in [-0.05, 0) is 47.9 Å². The number of benzene rings is 4. The lowest BCUT2D eigenvalue weighted by atomic mass is 9.71.